The fourth-order valence-electron chi connectivity index (χ4n) is 2.71. The van der Waals surface area contributed by atoms with Gasteiger partial charge in [0.05, 0.1) is 6.04 Å². The molecule has 0 aliphatic carbocycles. The fraction of sp³-hybridized carbons (Fsp3) is 0.143. The first-order chi connectivity index (χ1) is 11.3. The Morgan fingerprint density at radius 3 is 2.00 bits per heavy atom. The highest BCUT2D eigenvalue weighted by molar-refractivity contribution is 6.30. The lowest BCUT2D eigenvalue weighted by Crippen LogP contribution is -2.09. The third-order valence-electron chi connectivity index (χ3n) is 4.01. The molecule has 0 unspecified atom stereocenters. The van der Waals surface area contributed by atoms with Crippen molar-refractivity contribution in [2.24, 2.45) is 0 Å². The normalized spacial score (nSPS) is 11.9. The summed E-state index contributed by atoms with van der Waals surface area (Å²) >= 11 is 5.97. The molecule has 1 atom stereocenters. The lowest BCUT2D eigenvalue weighted by atomic mass is 10.0. The van der Waals surface area contributed by atoms with E-state index in [1.165, 1.54) is 16.7 Å². The summed E-state index contributed by atoms with van der Waals surface area (Å²) in [7, 11) is 0. The van der Waals surface area contributed by atoms with Crippen molar-refractivity contribution in [3.63, 3.8) is 0 Å². The maximum Gasteiger partial charge on any atom is 0.0511 e. The number of anilines is 1. The molecule has 3 aromatic rings. The first-order valence-electron chi connectivity index (χ1n) is 7.94. The summed E-state index contributed by atoms with van der Waals surface area (Å²) in [6, 6.07) is 27.4. The van der Waals surface area contributed by atoms with Crippen LogP contribution < -0.4 is 5.32 Å². The monoisotopic (exact) mass is 321 g/mol. The van der Waals surface area contributed by atoms with E-state index in [1.807, 2.05) is 18.2 Å². The van der Waals surface area contributed by atoms with Crippen molar-refractivity contribution in [2.75, 3.05) is 5.32 Å². The number of hydrogen-bond acceptors (Lipinski definition) is 1. The van der Waals surface area contributed by atoms with Gasteiger partial charge in [0.15, 0.2) is 0 Å². The number of rotatable bonds is 5. The summed E-state index contributed by atoms with van der Waals surface area (Å²) in [5, 5.41) is 4.37. The first-order valence-corrected chi connectivity index (χ1v) is 8.31. The van der Waals surface area contributed by atoms with E-state index in [0.717, 1.165) is 17.1 Å². The Bertz CT molecular complexity index is 733. The van der Waals surface area contributed by atoms with Crippen LogP contribution in [-0.4, -0.2) is 0 Å². The molecule has 23 heavy (non-hydrogen) atoms. The predicted molar refractivity (Wildman–Crippen MR) is 100.0 cm³/mol. The van der Waals surface area contributed by atoms with E-state index < -0.39 is 0 Å². The van der Waals surface area contributed by atoms with Crippen LogP contribution in [0.25, 0.3) is 11.1 Å². The molecule has 0 aliphatic rings. The first kappa shape index (κ1) is 15.6. The third kappa shape index (κ3) is 3.94. The van der Waals surface area contributed by atoms with Crippen molar-refractivity contribution in [3.8, 4) is 11.1 Å². The highest BCUT2D eigenvalue weighted by Gasteiger charge is 2.09. The van der Waals surface area contributed by atoms with Gasteiger partial charge in [0, 0.05) is 10.7 Å². The van der Waals surface area contributed by atoms with Gasteiger partial charge in [0.1, 0.15) is 0 Å². The van der Waals surface area contributed by atoms with Crippen LogP contribution in [0.2, 0.25) is 5.02 Å². The molecule has 0 fully saturated rings. The summed E-state index contributed by atoms with van der Waals surface area (Å²) in [4.78, 5) is 0. The molecule has 0 aliphatic heterocycles. The van der Waals surface area contributed by atoms with E-state index >= 15 is 0 Å². The molecule has 0 spiro atoms. The average Bonchev–Trinajstić information content (AvgIpc) is 2.62. The molecule has 0 saturated carbocycles. The Hall–Kier alpha value is -2.25. The molecule has 0 aromatic heterocycles. The van der Waals surface area contributed by atoms with Crippen LogP contribution in [-0.2, 0) is 0 Å². The van der Waals surface area contributed by atoms with Crippen molar-refractivity contribution in [3.05, 3.63) is 89.4 Å². The zero-order valence-corrected chi connectivity index (χ0v) is 13.9. The lowest BCUT2D eigenvalue weighted by Gasteiger charge is -2.19. The molecule has 3 rings (SSSR count). The summed E-state index contributed by atoms with van der Waals surface area (Å²) in [6.45, 7) is 2.19. The Kier molecular flexibility index (Phi) is 4.99. The molecule has 0 saturated heterocycles. The Morgan fingerprint density at radius 1 is 0.783 bits per heavy atom. The van der Waals surface area contributed by atoms with Crippen molar-refractivity contribution < 1.29 is 0 Å². The number of halogens is 1. The SMILES string of the molecule is CC[C@@H](Nc1ccc(-c2ccccc2)cc1)c1ccc(Cl)cc1. The number of hydrogen-bond donors (Lipinski definition) is 1. The van der Waals surface area contributed by atoms with E-state index in [1.54, 1.807) is 0 Å². The van der Waals surface area contributed by atoms with Crippen LogP contribution in [0.15, 0.2) is 78.9 Å². The topological polar surface area (TPSA) is 12.0 Å². The van der Waals surface area contributed by atoms with E-state index in [2.05, 4.69) is 72.9 Å². The lowest BCUT2D eigenvalue weighted by molar-refractivity contribution is 0.749. The quantitative estimate of drug-likeness (QED) is 0.560. The molecule has 1 nitrogen and oxygen atoms in total. The maximum absolute atomic E-state index is 5.97. The zero-order valence-electron chi connectivity index (χ0n) is 13.2. The minimum absolute atomic E-state index is 0.287. The van der Waals surface area contributed by atoms with Gasteiger partial charge in [-0.15, -0.1) is 0 Å². The van der Waals surface area contributed by atoms with Crippen molar-refractivity contribution in [1.82, 2.24) is 0 Å². The molecule has 1 N–H and O–H groups in total. The summed E-state index contributed by atoms with van der Waals surface area (Å²) in [5.41, 5.74) is 4.86. The van der Waals surface area contributed by atoms with Gasteiger partial charge < -0.3 is 5.32 Å². The van der Waals surface area contributed by atoms with Crippen LogP contribution in [0.1, 0.15) is 24.9 Å². The minimum Gasteiger partial charge on any atom is -0.378 e. The summed E-state index contributed by atoms with van der Waals surface area (Å²) < 4.78 is 0. The van der Waals surface area contributed by atoms with Gasteiger partial charge in [-0.25, -0.2) is 0 Å². The van der Waals surface area contributed by atoms with E-state index in [-0.39, 0.29) is 6.04 Å². The Morgan fingerprint density at radius 2 is 1.39 bits per heavy atom. The second kappa shape index (κ2) is 7.34. The molecule has 0 heterocycles. The van der Waals surface area contributed by atoms with Gasteiger partial charge in [-0.1, -0.05) is 73.1 Å². The van der Waals surface area contributed by atoms with Gasteiger partial charge in [0.2, 0.25) is 0 Å². The molecule has 0 bridgehead atoms. The maximum atomic E-state index is 5.97. The predicted octanol–water partition coefficient (Wildman–Crippen LogP) is 6.57. The van der Waals surface area contributed by atoms with Crippen molar-refractivity contribution in [2.45, 2.75) is 19.4 Å². The Balaban J connectivity index is 1.75. The van der Waals surface area contributed by atoms with E-state index in [9.17, 15) is 0 Å². The van der Waals surface area contributed by atoms with Gasteiger partial charge in [-0.2, -0.15) is 0 Å². The molecule has 2 heteroatoms. The molecule has 116 valence electrons. The van der Waals surface area contributed by atoms with E-state index in [0.29, 0.717) is 0 Å². The van der Waals surface area contributed by atoms with Crippen LogP contribution in [0.5, 0.6) is 0 Å². The number of benzene rings is 3. The Labute approximate surface area is 142 Å². The highest BCUT2D eigenvalue weighted by atomic mass is 35.5. The van der Waals surface area contributed by atoms with Crippen LogP contribution in [0, 0.1) is 0 Å². The number of nitrogens with one attached hydrogen (secondary N) is 1. The van der Waals surface area contributed by atoms with Gasteiger partial charge in [-0.3, -0.25) is 0 Å². The second-order valence-electron chi connectivity index (χ2n) is 5.60. The van der Waals surface area contributed by atoms with Crippen LogP contribution in [0.4, 0.5) is 5.69 Å². The van der Waals surface area contributed by atoms with E-state index in [4.69, 9.17) is 11.6 Å². The third-order valence-corrected chi connectivity index (χ3v) is 4.27. The molecular formula is C21H20ClN. The summed E-state index contributed by atoms with van der Waals surface area (Å²) in [5.74, 6) is 0. The van der Waals surface area contributed by atoms with Crippen LogP contribution in [0.3, 0.4) is 0 Å². The van der Waals surface area contributed by atoms with Gasteiger partial charge in [-0.05, 0) is 47.4 Å². The van der Waals surface area contributed by atoms with Gasteiger partial charge in [0.25, 0.3) is 0 Å². The highest BCUT2D eigenvalue weighted by Crippen LogP contribution is 2.26. The molecule has 3 aromatic carbocycles. The second-order valence-corrected chi connectivity index (χ2v) is 6.04. The van der Waals surface area contributed by atoms with Crippen LogP contribution >= 0.6 is 11.6 Å². The summed E-state index contributed by atoms with van der Waals surface area (Å²) in [6.07, 6.45) is 1.02. The standard InChI is InChI=1S/C21H20ClN/c1-2-21(18-8-12-19(22)13-9-18)23-20-14-10-17(11-15-20)16-6-4-3-5-7-16/h3-15,21,23H,2H2,1H3/t21-/m1/s1. The van der Waals surface area contributed by atoms with Crippen molar-refractivity contribution in [1.29, 1.82) is 0 Å². The fourth-order valence-corrected chi connectivity index (χ4v) is 2.83. The van der Waals surface area contributed by atoms with Crippen molar-refractivity contribution >= 4 is 17.3 Å². The zero-order chi connectivity index (χ0) is 16.1. The van der Waals surface area contributed by atoms with Gasteiger partial charge >= 0.3 is 0 Å². The molecule has 0 radical (unpaired) electrons. The molecule has 0 amide bonds. The smallest absolute Gasteiger partial charge is 0.0511 e. The largest absolute Gasteiger partial charge is 0.378 e. The average molecular weight is 322 g/mol. The molecular weight excluding hydrogens is 302 g/mol. The minimum atomic E-state index is 0.287.